The molecule has 0 saturated heterocycles. The summed E-state index contributed by atoms with van der Waals surface area (Å²) in [5.74, 6) is 0.0507. The largest absolute Gasteiger partial charge is 0.351 e. The average molecular weight is 381 g/mol. The van der Waals surface area contributed by atoms with Gasteiger partial charge in [0.05, 0.1) is 7.05 Å². The summed E-state index contributed by atoms with van der Waals surface area (Å²) in [4.78, 5) is 12.8. The molecule has 6 nitrogen and oxygen atoms in total. The molecule has 0 spiro atoms. The number of nitrogens with one attached hydrogen (secondary N) is 3. The molecule has 3 N–H and O–H groups in total. The van der Waals surface area contributed by atoms with Crippen molar-refractivity contribution in [2.45, 2.75) is 33.9 Å². The Morgan fingerprint density at radius 3 is 2.84 bits per heavy atom. The molecule has 8 heteroatoms. The number of amides is 1. The van der Waals surface area contributed by atoms with Crippen LogP contribution in [-0.2, 0) is 11.5 Å². The summed E-state index contributed by atoms with van der Waals surface area (Å²) in [5, 5.41) is 11.5. The van der Waals surface area contributed by atoms with Gasteiger partial charge in [0.1, 0.15) is 0 Å². The van der Waals surface area contributed by atoms with Crippen LogP contribution < -0.4 is 15.5 Å². The lowest BCUT2D eigenvalue weighted by atomic mass is 10.1. The van der Waals surface area contributed by atoms with Crippen LogP contribution in [-0.4, -0.2) is 35.8 Å². The van der Waals surface area contributed by atoms with Gasteiger partial charge >= 0.3 is 0 Å². The molecule has 0 saturated carbocycles. The smallest absolute Gasteiger partial charge is 0.275 e. The van der Waals surface area contributed by atoms with Gasteiger partial charge in [0, 0.05) is 12.2 Å². The number of aromatic nitrogens is 2. The van der Waals surface area contributed by atoms with Crippen LogP contribution in [0.1, 0.15) is 24.5 Å². The molecule has 0 aliphatic heterocycles. The first-order valence-corrected chi connectivity index (χ1v) is 9.61. The molecule has 0 radical (unpaired) electrons. The van der Waals surface area contributed by atoms with Crippen molar-refractivity contribution in [3.8, 4) is 0 Å². The molecule has 2 rings (SSSR count). The molecule has 1 atom stereocenters. The lowest BCUT2D eigenvalue weighted by Crippen LogP contribution is -3.09. The molecular formula is C17H26N5OS2+. The van der Waals surface area contributed by atoms with Crippen molar-refractivity contribution < 1.29 is 9.69 Å². The molecule has 1 amide bonds. The topological polar surface area (TPSA) is 63.4 Å². The van der Waals surface area contributed by atoms with E-state index in [0.717, 1.165) is 22.1 Å². The number of carbonyl (C=O) groups is 1. The van der Waals surface area contributed by atoms with Crippen LogP contribution in [0.3, 0.4) is 0 Å². The molecule has 1 unspecified atom stereocenters. The molecule has 136 valence electrons. The van der Waals surface area contributed by atoms with Crippen LogP contribution in [0, 0.1) is 17.8 Å². The molecule has 0 bridgehead atoms. The van der Waals surface area contributed by atoms with E-state index >= 15 is 0 Å². The predicted octanol–water partition coefficient (Wildman–Crippen LogP) is 2.03. The standard InChI is InChI=1S/C17H25N5OS2/c1-5-8-18-15(23)10-21(4)11-22-17(24)25-16(20-22)19-14-7-6-12(2)9-13(14)3/h6-7,9H,5,8,10-11H2,1-4H3,(H,18,23)(H,19,20)/p+1. The van der Waals surface area contributed by atoms with E-state index in [2.05, 4.69) is 47.8 Å². The highest BCUT2D eigenvalue weighted by Crippen LogP contribution is 2.23. The van der Waals surface area contributed by atoms with Gasteiger partial charge in [0.2, 0.25) is 5.13 Å². The molecule has 0 aliphatic carbocycles. The first kappa shape index (κ1) is 19.6. The number of hydrogen-bond acceptors (Lipinski definition) is 5. The van der Waals surface area contributed by atoms with Gasteiger partial charge in [-0.05, 0) is 44.1 Å². The van der Waals surface area contributed by atoms with E-state index in [9.17, 15) is 4.79 Å². The third kappa shape index (κ3) is 5.91. The first-order chi connectivity index (χ1) is 11.9. The Labute approximate surface area is 157 Å². The highest BCUT2D eigenvalue weighted by Gasteiger charge is 2.13. The van der Waals surface area contributed by atoms with Crippen molar-refractivity contribution in [3.63, 3.8) is 0 Å². The number of aryl methyl sites for hydroxylation is 2. The third-order valence-electron chi connectivity index (χ3n) is 3.68. The van der Waals surface area contributed by atoms with E-state index in [-0.39, 0.29) is 5.91 Å². The summed E-state index contributed by atoms with van der Waals surface area (Å²) in [6, 6.07) is 6.25. The molecule has 0 aliphatic rings. The Morgan fingerprint density at radius 2 is 2.16 bits per heavy atom. The van der Waals surface area contributed by atoms with Crippen molar-refractivity contribution >= 4 is 40.3 Å². The van der Waals surface area contributed by atoms with Gasteiger partial charge in [0.15, 0.2) is 17.2 Å². The SMILES string of the molecule is CCCNC(=O)C[NH+](C)Cn1nc(Nc2ccc(C)cc2C)sc1=S. The molecule has 2 aromatic rings. The molecular weight excluding hydrogens is 354 g/mol. The third-order valence-corrected chi connectivity index (χ3v) is 4.91. The summed E-state index contributed by atoms with van der Waals surface area (Å²) < 4.78 is 2.47. The number of benzene rings is 1. The zero-order valence-corrected chi connectivity index (χ0v) is 16.8. The van der Waals surface area contributed by atoms with E-state index in [1.54, 1.807) is 4.68 Å². The molecule has 1 aromatic heterocycles. The highest BCUT2D eigenvalue weighted by atomic mass is 32.1. The van der Waals surface area contributed by atoms with E-state index in [1.807, 2.05) is 14.0 Å². The number of nitrogens with zero attached hydrogens (tertiary/aromatic N) is 2. The fraction of sp³-hybridized carbons (Fsp3) is 0.471. The lowest BCUT2D eigenvalue weighted by molar-refractivity contribution is -0.895. The van der Waals surface area contributed by atoms with E-state index < -0.39 is 0 Å². The average Bonchev–Trinajstić information content (AvgIpc) is 2.87. The zero-order chi connectivity index (χ0) is 18.4. The highest BCUT2D eigenvalue weighted by molar-refractivity contribution is 7.73. The first-order valence-electron chi connectivity index (χ1n) is 8.39. The van der Waals surface area contributed by atoms with E-state index in [1.165, 1.54) is 22.5 Å². The van der Waals surface area contributed by atoms with Gasteiger partial charge in [-0.15, -0.1) is 5.10 Å². The second-order valence-electron chi connectivity index (χ2n) is 6.26. The number of quaternary nitrogens is 1. The van der Waals surface area contributed by atoms with Crippen LogP contribution in [0.15, 0.2) is 18.2 Å². The second-order valence-corrected chi connectivity index (χ2v) is 7.88. The zero-order valence-electron chi connectivity index (χ0n) is 15.2. The van der Waals surface area contributed by atoms with Gasteiger partial charge in [-0.2, -0.15) is 4.68 Å². The van der Waals surface area contributed by atoms with Crippen molar-refractivity contribution in [1.82, 2.24) is 15.1 Å². The van der Waals surface area contributed by atoms with Crippen molar-refractivity contribution in [1.29, 1.82) is 0 Å². The summed E-state index contributed by atoms with van der Waals surface area (Å²) in [7, 11) is 1.96. The maximum Gasteiger partial charge on any atom is 0.275 e. The maximum atomic E-state index is 11.8. The number of rotatable bonds is 8. The summed E-state index contributed by atoms with van der Waals surface area (Å²) in [6.07, 6.45) is 0.940. The second kappa shape index (κ2) is 9.07. The Hall–Kier alpha value is -1.77. The van der Waals surface area contributed by atoms with E-state index in [4.69, 9.17) is 12.2 Å². The fourth-order valence-corrected chi connectivity index (χ4v) is 3.46. The van der Waals surface area contributed by atoms with Gasteiger partial charge in [0.25, 0.3) is 5.91 Å². The Kier molecular flexibility index (Phi) is 7.10. The van der Waals surface area contributed by atoms with Crippen molar-refractivity contribution in [2.75, 3.05) is 25.5 Å². The minimum absolute atomic E-state index is 0.0507. The van der Waals surface area contributed by atoms with Crippen LogP contribution >= 0.6 is 23.6 Å². The number of anilines is 2. The van der Waals surface area contributed by atoms with Gasteiger partial charge < -0.3 is 15.5 Å². The quantitative estimate of drug-likeness (QED) is 0.613. The molecule has 0 fully saturated rings. The minimum Gasteiger partial charge on any atom is -0.351 e. The van der Waals surface area contributed by atoms with Crippen LogP contribution in [0.4, 0.5) is 10.8 Å². The van der Waals surface area contributed by atoms with Crippen molar-refractivity contribution in [3.05, 3.63) is 33.3 Å². The minimum atomic E-state index is 0.0507. The summed E-state index contributed by atoms with van der Waals surface area (Å²) in [6.45, 7) is 7.85. The Bertz CT molecular complexity index is 784. The normalized spacial score (nSPS) is 12.0. The maximum absolute atomic E-state index is 11.8. The number of carbonyl (C=O) groups excluding carboxylic acids is 1. The van der Waals surface area contributed by atoms with Gasteiger partial charge in [-0.3, -0.25) is 4.79 Å². The lowest BCUT2D eigenvalue weighted by Gasteiger charge is -2.13. The van der Waals surface area contributed by atoms with Gasteiger partial charge in [-0.1, -0.05) is 36.0 Å². The van der Waals surface area contributed by atoms with Crippen molar-refractivity contribution in [2.24, 2.45) is 0 Å². The predicted molar refractivity (Wildman–Crippen MR) is 105 cm³/mol. The number of likely N-dealkylation sites (N-methyl/N-ethyl adjacent to an activating group) is 1. The number of hydrogen-bond donors (Lipinski definition) is 3. The Morgan fingerprint density at radius 1 is 1.40 bits per heavy atom. The van der Waals surface area contributed by atoms with Crippen LogP contribution in [0.5, 0.6) is 0 Å². The van der Waals surface area contributed by atoms with Crippen LogP contribution in [0.2, 0.25) is 0 Å². The van der Waals surface area contributed by atoms with Gasteiger partial charge in [-0.25, -0.2) is 0 Å². The summed E-state index contributed by atoms with van der Waals surface area (Å²) >= 11 is 6.85. The van der Waals surface area contributed by atoms with E-state index in [0.29, 0.717) is 23.7 Å². The summed E-state index contributed by atoms with van der Waals surface area (Å²) in [5.41, 5.74) is 3.43. The van der Waals surface area contributed by atoms with Crippen LogP contribution in [0.25, 0.3) is 0 Å². The molecule has 1 aromatic carbocycles. The fourth-order valence-electron chi connectivity index (χ4n) is 2.44. The molecule has 1 heterocycles. The molecule has 25 heavy (non-hydrogen) atoms. The monoisotopic (exact) mass is 380 g/mol. The Balaban J connectivity index is 1.99.